The number of carbonyl (C=O) groups is 3. The molecule has 0 spiro atoms. The number of fused-ring (bicyclic) bond motifs is 1. The Balaban J connectivity index is 1.45. The number of imide groups is 1. The van der Waals surface area contributed by atoms with E-state index in [0.717, 1.165) is 37.3 Å². The van der Waals surface area contributed by atoms with E-state index in [4.69, 9.17) is 0 Å². The fourth-order valence-electron chi connectivity index (χ4n) is 4.12. The summed E-state index contributed by atoms with van der Waals surface area (Å²) >= 11 is 0. The van der Waals surface area contributed by atoms with Crippen LogP contribution in [0.5, 0.6) is 0 Å². The van der Waals surface area contributed by atoms with Gasteiger partial charge in [0, 0.05) is 25.1 Å². The van der Waals surface area contributed by atoms with Crippen LogP contribution in [0.2, 0.25) is 0 Å². The summed E-state index contributed by atoms with van der Waals surface area (Å²) in [5.41, 5.74) is 2.78. The molecular weight excluding hydrogens is 332 g/mol. The molecule has 26 heavy (non-hydrogen) atoms. The van der Waals surface area contributed by atoms with E-state index >= 15 is 0 Å². The highest BCUT2D eigenvalue weighted by Gasteiger charge is 2.39. The molecule has 4 rings (SSSR count). The van der Waals surface area contributed by atoms with Gasteiger partial charge in [-0.15, -0.1) is 0 Å². The van der Waals surface area contributed by atoms with Crippen molar-refractivity contribution in [1.29, 1.82) is 0 Å². The monoisotopic (exact) mass is 356 g/mol. The minimum Gasteiger partial charge on any atom is -0.322 e. The Morgan fingerprint density at radius 2 is 2.08 bits per heavy atom. The Hall–Kier alpha value is -2.25. The Morgan fingerprint density at radius 1 is 1.19 bits per heavy atom. The summed E-state index contributed by atoms with van der Waals surface area (Å²) in [4.78, 5) is 37.9. The van der Waals surface area contributed by atoms with E-state index in [-0.39, 0.29) is 24.1 Å². The Labute approximate surface area is 152 Å². The third-order valence-electron chi connectivity index (χ3n) is 5.59. The van der Waals surface area contributed by atoms with E-state index in [1.165, 1.54) is 6.42 Å². The van der Waals surface area contributed by atoms with Crippen LogP contribution in [0, 0.1) is 5.92 Å². The lowest BCUT2D eigenvalue weighted by molar-refractivity contribution is -0.136. The van der Waals surface area contributed by atoms with Crippen molar-refractivity contribution in [3.05, 3.63) is 34.9 Å². The highest BCUT2D eigenvalue weighted by Crippen LogP contribution is 2.29. The molecule has 0 radical (unpaired) electrons. The van der Waals surface area contributed by atoms with Crippen molar-refractivity contribution in [1.82, 2.24) is 20.9 Å². The zero-order chi connectivity index (χ0) is 18.1. The Bertz CT molecular complexity index is 742. The number of piperidine rings is 1. The molecule has 3 N–H and O–H groups in total. The first-order chi connectivity index (χ1) is 12.6. The molecular formula is C19H24N4O3. The number of hydrogen-bond acceptors (Lipinski definition) is 5. The van der Waals surface area contributed by atoms with Gasteiger partial charge in [0.1, 0.15) is 6.04 Å². The maximum absolute atomic E-state index is 12.8. The van der Waals surface area contributed by atoms with Gasteiger partial charge in [-0.3, -0.25) is 19.7 Å². The van der Waals surface area contributed by atoms with Gasteiger partial charge in [-0.1, -0.05) is 12.1 Å². The van der Waals surface area contributed by atoms with Gasteiger partial charge in [-0.25, -0.2) is 0 Å². The summed E-state index contributed by atoms with van der Waals surface area (Å²) < 4.78 is 0. The van der Waals surface area contributed by atoms with Crippen molar-refractivity contribution >= 4 is 17.7 Å². The standard InChI is InChI=1S/C19H24N4O3/c24-17-5-4-16(18(25)22-17)23-11-15-13(2-1-3-14(15)19(23)26)10-21-9-12-6-7-20-8-12/h1-3,12,16,20-21H,4-11H2,(H,22,24,25)/t12-,16?/m0/s1. The lowest BCUT2D eigenvalue weighted by Gasteiger charge is -2.29. The van der Waals surface area contributed by atoms with Crippen LogP contribution in [-0.2, 0) is 22.7 Å². The normalized spacial score (nSPS) is 25.5. The minimum atomic E-state index is -0.557. The second kappa shape index (κ2) is 7.17. The van der Waals surface area contributed by atoms with Gasteiger partial charge >= 0.3 is 0 Å². The van der Waals surface area contributed by atoms with Gasteiger partial charge in [0.25, 0.3) is 5.91 Å². The number of nitrogens with zero attached hydrogens (tertiary/aromatic N) is 1. The van der Waals surface area contributed by atoms with Gasteiger partial charge in [-0.2, -0.15) is 0 Å². The number of amides is 3. The predicted molar refractivity (Wildman–Crippen MR) is 95.2 cm³/mol. The van der Waals surface area contributed by atoms with Gasteiger partial charge < -0.3 is 15.5 Å². The summed E-state index contributed by atoms with van der Waals surface area (Å²) in [5, 5.41) is 9.21. The zero-order valence-electron chi connectivity index (χ0n) is 14.7. The third-order valence-corrected chi connectivity index (χ3v) is 5.59. The number of benzene rings is 1. The lowest BCUT2D eigenvalue weighted by Crippen LogP contribution is -2.52. The van der Waals surface area contributed by atoms with Gasteiger partial charge in [0.05, 0.1) is 0 Å². The molecule has 2 saturated heterocycles. The van der Waals surface area contributed by atoms with Gasteiger partial charge in [0.15, 0.2) is 0 Å². The quantitative estimate of drug-likeness (QED) is 0.653. The van der Waals surface area contributed by atoms with Crippen molar-refractivity contribution in [3.8, 4) is 0 Å². The molecule has 1 aromatic rings. The molecule has 3 aliphatic heterocycles. The first-order valence-electron chi connectivity index (χ1n) is 9.30. The molecule has 7 nitrogen and oxygen atoms in total. The fraction of sp³-hybridized carbons (Fsp3) is 0.526. The summed E-state index contributed by atoms with van der Waals surface area (Å²) in [5.74, 6) is -0.0813. The van der Waals surface area contributed by atoms with Crippen molar-refractivity contribution in [2.45, 2.75) is 38.4 Å². The molecule has 3 aliphatic rings. The number of carbonyl (C=O) groups excluding carboxylic acids is 3. The van der Waals surface area contributed by atoms with E-state index in [1.54, 1.807) is 4.90 Å². The summed E-state index contributed by atoms with van der Waals surface area (Å²) in [6.07, 6.45) is 1.87. The molecule has 0 aromatic heterocycles. The number of nitrogens with one attached hydrogen (secondary N) is 3. The fourth-order valence-corrected chi connectivity index (χ4v) is 4.12. The highest BCUT2D eigenvalue weighted by molar-refractivity contribution is 6.05. The van der Waals surface area contributed by atoms with Crippen molar-refractivity contribution in [3.63, 3.8) is 0 Å². The maximum atomic E-state index is 12.8. The van der Waals surface area contributed by atoms with Crippen LogP contribution >= 0.6 is 0 Å². The second-order valence-electron chi connectivity index (χ2n) is 7.33. The Morgan fingerprint density at radius 3 is 2.85 bits per heavy atom. The SMILES string of the molecule is O=C1CCC(N2Cc3c(CNC[C@H]4CCNC4)cccc3C2=O)C(=O)N1. The largest absolute Gasteiger partial charge is 0.322 e. The van der Waals surface area contributed by atoms with Crippen molar-refractivity contribution in [2.75, 3.05) is 19.6 Å². The molecule has 3 heterocycles. The zero-order valence-corrected chi connectivity index (χ0v) is 14.7. The molecule has 0 aliphatic carbocycles. The average molecular weight is 356 g/mol. The molecule has 2 atom stereocenters. The second-order valence-corrected chi connectivity index (χ2v) is 7.33. The van der Waals surface area contributed by atoms with Crippen LogP contribution < -0.4 is 16.0 Å². The third kappa shape index (κ3) is 3.24. The molecule has 7 heteroatoms. The van der Waals surface area contributed by atoms with Crippen molar-refractivity contribution in [2.24, 2.45) is 5.92 Å². The first-order valence-corrected chi connectivity index (χ1v) is 9.30. The maximum Gasteiger partial charge on any atom is 0.255 e. The van der Waals surface area contributed by atoms with Crippen molar-refractivity contribution < 1.29 is 14.4 Å². The molecule has 0 saturated carbocycles. The van der Waals surface area contributed by atoms with Crippen LogP contribution in [0.15, 0.2) is 18.2 Å². The number of rotatable bonds is 5. The van der Waals surface area contributed by atoms with E-state index in [2.05, 4.69) is 16.0 Å². The number of hydrogen-bond donors (Lipinski definition) is 3. The van der Waals surface area contributed by atoms with Crippen LogP contribution in [0.4, 0.5) is 0 Å². The first kappa shape index (κ1) is 17.2. The summed E-state index contributed by atoms with van der Waals surface area (Å²) in [6, 6.07) is 5.21. The molecule has 1 aromatic carbocycles. The Kier molecular flexibility index (Phi) is 4.74. The van der Waals surface area contributed by atoms with E-state index in [0.29, 0.717) is 24.4 Å². The van der Waals surface area contributed by atoms with E-state index < -0.39 is 6.04 Å². The van der Waals surface area contributed by atoms with Crippen LogP contribution in [-0.4, -0.2) is 48.3 Å². The molecule has 138 valence electrons. The average Bonchev–Trinajstić information content (AvgIpc) is 3.24. The predicted octanol–water partition coefficient (Wildman–Crippen LogP) is 0.147. The molecule has 3 amide bonds. The van der Waals surface area contributed by atoms with Crippen LogP contribution in [0.1, 0.15) is 40.7 Å². The summed E-state index contributed by atoms with van der Waals surface area (Å²) in [6.45, 7) is 4.26. The lowest BCUT2D eigenvalue weighted by atomic mass is 10.0. The van der Waals surface area contributed by atoms with Gasteiger partial charge in [-0.05, 0) is 55.6 Å². The van der Waals surface area contributed by atoms with Crippen LogP contribution in [0.3, 0.4) is 0 Å². The van der Waals surface area contributed by atoms with Crippen LogP contribution in [0.25, 0.3) is 0 Å². The smallest absolute Gasteiger partial charge is 0.255 e. The van der Waals surface area contributed by atoms with E-state index in [9.17, 15) is 14.4 Å². The molecule has 1 unspecified atom stereocenters. The minimum absolute atomic E-state index is 0.114. The molecule has 0 bridgehead atoms. The summed E-state index contributed by atoms with van der Waals surface area (Å²) in [7, 11) is 0. The topological polar surface area (TPSA) is 90.5 Å². The molecule has 2 fully saturated rings. The highest BCUT2D eigenvalue weighted by atomic mass is 16.2. The van der Waals surface area contributed by atoms with Gasteiger partial charge in [0.2, 0.25) is 11.8 Å². The van der Waals surface area contributed by atoms with E-state index in [1.807, 2.05) is 18.2 Å².